The third-order valence-electron chi connectivity index (χ3n) is 4.48. The molecule has 134 valence electrons. The molecule has 0 radical (unpaired) electrons. The van der Waals surface area contributed by atoms with Crippen LogP contribution in [0.15, 0.2) is 53.9 Å². The van der Waals surface area contributed by atoms with E-state index in [0.717, 1.165) is 34.5 Å². The number of nitrogens with zero attached hydrogens (tertiary/aromatic N) is 5. The van der Waals surface area contributed by atoms with Crippen molar-refractivity contribution in [2.75, 3.05) is 25.4 Å². The molecule has 3 aromatic rings. The maximum atomic E-state index is 6.06. The Morgan fingerprint density at radius 2 is 1.85 bits per heavy atom. The van der Waals surface area contributed by atoms with Crippen molar-refractivity contribution in [1.29, 1.82) is 0 Å². The van der Waals surface area contributed by atoms with Gasteiger partial charge in [-0.2, -0.15) is 0 Å². The zero-order valence-electron chi connectivity index (χ0n) is 14.4. The SMILES string of the molecule is Clc1ccc(-n2c(SCCN3CCCC3)nnc2-c2cccnc2)cc1. The van der Waals surface area contributed by atoms with Crippen LogP contribution in [0.2, 0.25) is 5.02 Å². The highest BCUT2D eigenvalue weighted by Gasteiger charge is 2.17. The van der Waals surface area contributed by atoms with Crippen LogP contribution in [0, 0.1) is 0 Å². The molecule has 1 saturated heterocycles. The quantitative estimate of drug-likeness (QED) is 0.596. The Bertz CT molecular complexity index is 844. The van der Waals surface area contributed by atoms with Gasteiger partial charge in [-0.05, 0) is 62.3 Å². The Morgan fingerprint density at radius 3 is 2.58 bits per heavy atom. The van der Waals surface area contributed by atoms with Crippen molar-refractivity contribution in [3.05, 3.63) is 53.8 Å². The van der Waals surface area contributed by atoms with E-state index in [-0.39, 0.29) is 0 Å². The second-order valence-electron chi connectivity index (χ2n) is 6.26. The van der Waals surface area contributed by atoms with Crippen molar-refractivity contribution in [1.82, 2.24) is 24.6 Å². The highest BCUT2D eigenvalue weighted by molar-refractivity contribution is 7.99. The Hall–Kier alpha value is -1.89. The normalized spacial score (nSPS) is 14.8. The van der Waals surface area contributed by atoms with Gasteiger partial charge in [0.2, 0.25) is 0 Å². The molecule has 0 atom stereocenters. The largest absolute Gasteiger partial charge is 0.303 e. The third kappa shape index (κ3) is 3.92. The smallest absolute Gasteiger partial charge is 0.196 e. The van der Waals surface area contributed by atoms with Gasteiger partial charge < -0.3 is 4.90 Å². The molecule has 1 aliphatic heterocycles. The van der Waals surface area contributed by atoms with Gasteiger partial charge in [-0.25, -0.2) is 0 Å². The molecule has 0 aliphatic carbocycles. The van der Waals surface area contributed by atoms with Crippen LogP contribution in [-0.2, 0) is 0 Å². The monoisotopic (exact) mass is 385 g/mol. The van der Waals surface area contributed by atoms with Crippen LogP contribution in [0.3, 0.4) is 0 Å². The number of hydrogen-bond acceptors (Lipinski definition) is 5. The van der Waals surface area contributed by atoms with E-state index in [2.05, 4.69) is 24.6 Å². The average molecular weight is 386 g/mol. The lowest BCUT2D eigenvalue weighted by molar-refractivity contribution is 0.362. The summed E-state index contributed by atoms with van der Waals surface area (Å²) in [4.78, 5) is 6.73. The Kier molecular flexibility index (Phi) is 5.53. The van der Waals surface area contributed by atoms with E-state index in [1.165, 1.54) is 25.9 Å². The zero-order valence-corrected chi connectivity index (χ0v) is 16.0. The van der Waals surface area contributed by atoms with E-state index in [9.17, 15) is 0 Å². The number of pyridine rings is 1. The van der Waals surface area contributed by atoms with Gasteiger partial charge >= 0.3 is 0 Å². The van der Waals surface area contributed by atoms with Crippen molar-refractivity contribution in [2.45, 2.75) is 18.0 Å². The first-order chi connectivity index (χ1) is 12.8. The molecule has 0 unspecified atom stereocenters. The third-order valence-corrected chi connectivity index (χ3v) is 5.64. The zero-order chi connectivity index (χ0) is 17.8. The van der Waals surface area contributed by atoms with Crippen molar-refractivity contribution < 1.29 is 0 Å². The van der Waals surface area contributed by atoms with Crippen LogP contribution in [-0.4, -0.2) is 50.0 Å². The summed E-state index contributed by atoms with van der Waals surface area (Å²) in [5.41, 5.74) is 1.95. The maximum Gasteiger partial charge on any atom is 0.196 e. The molecule has 3 heterocycles. The van der Waals surface area contributed by atoms with Crippen LogP contribution in [0.5, 0.6) is 0 Å². The summed E-state index contributed by atoms with van der Waals surface area (Å²) in [5, 5.41) is 10.5. The van der Waals surface area contributed by atoms with Gasteiger partial charge in [-0.3, -0.25) is 9.55 Å². The molecular weight excluding hydrogens is 366 g/mol. The molecule has 0 amide bonds. The number of likely N-dealkylation sites (tertiary alicyclic amines) is 1. The van der Waals surface area contributed by atoms with Gasteiger partial charge in [-0.15, -0.1) is 10.2 Å². The van der Waals surface area contributed by atoms with Crippen LogP contribution in [0.25, 0.3) is 17.1 Å². The van der Waals surface area contributed by atoms with Crippen molar-refractivity contribution in [2.24, 2.45) is 0 Å². The van der Waals surface area contributed by atoms with Crippen LogP contribution in [0.1, 0.15) is 12.8 Å². The van der Waals surface area contributed by atoms with E-state index < -0.39 is 0 Å². The minimum absolute atomic E-state index is 0.716. The van der Waals surface area contributed by atoms with Crippen molar-refractivity contribution >= 4 is 23.4 Å². The fourth-order valence-electron chi connectivity index (χ4n) is 3.14. The van der Waals surface area contributed by atoms with Gasteiger partial charge in [0, 0.05) is 41.0 Å². The molecule has 0 N–H and O–H groups in total. The topological polar surface area (TPSA) is 46.8 Å². The van der Waals surface area contributed by atoms with Crippen LogP contribution < -0.4 is 0 Å². The molecule has 1 fully saturated rings. The van der Waals surface area contributed by atoms with Gasteiger partial charge in [0.05, 0.1) is 0 Å². The molecule has 26 heavy (non-hydrogen) atoms. The molecule has 1 aromatic carbocycles. The molecule has 5 nitrogen and oxygen atoms in total. The molecule has 1 aliphatic rings. The maximum absolute atomic E-state index is 6.06. The lowest BCUT2D eigenvalue weighted by atomic mass is 10.2. The standard InChI is InChI=1S/C19H20ClN5S/c20-16-5-7-17(8-6-16)25-18(15-4-3-9-21-14-15)22-23-19(25)26-13-12-24-10-1-2-11-24/h3-9,14H,1-2,10-13H2. The first-order valence-electron chi connectivity index (χ1n) is 8.78. The summed E-state index contributed by atoms with van der Waals surface area (Å²) in [6, 6.07) is 11.7. The Balaban J connectivity index is 1.62. The van der Waals surface area contributed by atoms with E-state index >= 15 is 0 Å². The molecule has 7 heteroatoms. The summed E-state index contributed by atoms with van der Waals surface area (Å²) >= 11 is 7.81. The van der Waals surface area contributed by atoms with E-state index in [4.69, 9.17) is 11.6 Å². The molecule has 0 saturated carbocycles. The van der Waals surface area contributed by atoms with E-state index in [1.54, 1.807) is 18.0 Å². The fourth-order valence-corrected chi connectivity index (χ4v) is 4.22. The molecular formula is C19H20ClN5S. The van der Waals surface area contributed by atoms with Gasteiger partial charge in [0.15, 0.2) is 11.0 Å². The highest BCUT2D eigenvalue weighted by Crippen LogP contribution is 2.28. The number of halogens is 1. The second kappa shape index (κ2) is 8.20. The number of rotatable bonds is 6. The number of aromatic nitrogens is 4. The van der Waals surface area contributed by atoms with Crippen molar-refractivity contribution in [3.63, 3.8) is 0 Å². The predicted octanol–water partition coefficient (Wildman–Crippen LogP) is 4.17. The number of thioether (sulfide) groups is 1. The lowest BCUT2D eigenvalue weighted by Crippen LogP contribution is -2.22. The summed E-state index contributed by atoms with van der Waals surface area (Å²) < 4.78 is 2.09. The summed E-state index contributed by atoms with van der Waals surface area (Å²) in [5.74, 6) is 1.79. The number of hydrogen-bond donors (Lipinski definition) is 0. The molecule has 0 bridgehead atoms. The fraction of sp³-hybridized carbons (Fsp3) is 0.316. The summed E-state index contributed by atoms with van der Waals surface area (Å²) in [6.45, 7) is 3.51. The summed E-state index contributed by atoms with van der Waals surface area (Å²) in [7, 11) is 0. The highest BCUT2D eigenvalue weighted by atomic mass is 35.5. The van der Waals surface area contributed by atoms with Gasteiger partial charge in [0.1, 0.15) is 0 Å². The second-order valence-corrected chi connectivity index (χ2v) is 7.76. The number of benzene rings is 1. The van der Waals surface area contributed by atoms with Crippen molar-refractivity contribution in [3.8, 4) is 17.1 Å². The first kappa shape index (κ1) is 17.5. The van der Waals surface area contributed by atoms with Gasteiger partial charge in [-0.1, -0.05) is 23.4 Å². The molecule has 4 rings (SSSR count). The predicted molar refractivity (Wildman–Crippen MR) is 106 cm³/mol. The van der Waals surface area contributed by atoms with Crippen LogP contribution in [0.4, 0.5) is 0 Å². The van der Waals surface area contributed by atoms with Crippen LogP contribution >= 0.6 is 23.4 Å². The first-order valence-corrected chi connectivity index (χ1v) is 10.1. The molecule has 2 aromatic heterocycles. The van der Waals surface area contributed by atoms with E-state index in [1.807, 2.05) is 42.6 Å². The minimum Gasteiger partial charge on any atom is -0.303 e. The van der Waals surface area contributed by atoms with Gasteiger partial charge in [0.25, 0.3) is 0 Å². The van der Waals surface area contributed by atoms with E-state index in [0.29, 0.717) is 5.02 Å². The average Bonchev–Trinajstić information content (AvgIpc) is 3.33. The Morgan fingerprint density at radius 1 is 1.04 bits per heavy atom. The Labute approximate surface area is 162 Å². The minimum atomic E-state index is 0.716. The molecule has 0 spiro atoms. The summed E-state index contributed by atoms with van der Waals surface area (Å²) in [6.07, 6.45) is 6.21. The lowest BCUT2D eigenvalue weighted by Gasteiger charge is -2.14.